The average Bonchev–Trinajstić information content (AvgIpc) is 2.85. The number of likely N-dealkylation sites (tertiary alicyclic amines) is 2. The van der Waals surface area contributed by atoms with Crippen molar-refractivity contribution < 1.29 is 4.79 Å². The molecular formula is C22H27N3O. The second-order valence-corrected chi connectivity index (χ2v) is 7.67. The molecule has 1 amide bonds. The fraction of sp³-hybridized carbons (Fsp3) is 0.455. The number of hydrogen-bond donors (Lipinski definition) is 0. The molecule has 2 fully saturated rings. The normalized spacial score (nSPS) is 24.2. The van der Waals surface area contributed by atoms with E-state index in [2.05, 4.69) is 51.2 Å². The van der Waals surface area contributed by atoms with Crippen LogP contribution in [0.15, 0.2) is 54.9 Å². The van der Waals surface area contributed by atoms with E-state index in [4.69, 9.17) is 0 Å². The van der Waals surface area contributed by atoms with Gasteiger partial charge in [0.15, 0.2) is 0 Å². The number of rotatable bonds is 4. The highest BCUT2D eigenvalue weighted by molar-refractivity contribution is 5.79. The third-order valence-electron chi connectivity index (χ3n) is 6.03. The van der Waals surface area contributed by atoms with Crippen LogP contribution in [-0.4, -0.2) is 39.3 Å². The van der Waals surface area contributed by atoms with Crippen LogP contribution in [0.3, 0.4) is 0 Å². The molecule has 0 aliphatic carbocycles. The van der Waals surface area contributed by atoms with Gasteiger partial charge in [0.05, 0.1) is 0 Å². The lowest BCUT2D eigenvalue weighted by molar-refractivity contribution is -0.132. The van der Waals surface area contributed by atoms with Crippen molar-refractivity contribution in [2.75, 3.05) is 13.1 Å². The van der Waals surface area contributed by atoms with E-state index in [1.807, 2.05) is 18.5 Å². The van der Waals surface area contributed by atoms with E-state index in [1.54, 1.807) is 0 Å². The third-order valence-corrected chi connectivity index (χ3v) is 6.03. The Balaban J connectivity index is 1.46. The first-order valence-electron chi connectivity index (χ1n) is 9.71. The van der Waals surface area contributed by atoms with Crippen LogP contribution in [0.2, 0.25) is 0 Å². The van der Waals surface area contributed by atoms with Gasteiger partial charge in [-0.25, -0.2) is 0 Å². The zero-order valence-corrected chi connectivity index (χ0v) is 15.3. The Morgan fingerprint density at radius 2 is 1.65 bits per heavy atom. The SMILES string of the molecule is O=C1CCC2(CCCN(Cc3ccncc3)CC2)N1Cc1ccccc1. The van der Waals surface area contributed by atoms with Crippen LogP contribution in [0, 0.1) is 0 Å². The number of pyridine rings is 1. The number of amides is 1. The summed E-state index contributed by atoms with van der Waals surface area (Å²) in [5, 5.41) is 0. The molecule has 4 rings (SSSR count). The van der Waals surface area contributed by atoms with Crippen molar-refractivity contribution in [2.24, 2.45) is 0 Å². The van der Waals surface area contributed by atoms with Gasteiger partial charge in [0, 0.05) is 44.0 Å². The minimum absolute atomic E-state index is 0.0555. The van der Waals surface area contributed by atoms with E-state index < -0.39 is 0 Å². The second kappa shape index (κ2) is 7.58. The van der Waals surface area contributed by atoms with Crippen molar-refractivity contribution in [1.82, 2.24) is 14.8 Å². The highest BCUT2D eigenvalue weighted by Crippen LogP contribution is 2.40. The summed E-state index contributed by atoms with van der Waals surface area (Å²) in [6.45, 7) is 3.90. The van der Waals surface area contributed by atoms with Gasteiger partial charge in [-0.1, -0.05) is 30.3 Å². The molecule has 0 radical (unpaired) electrons. The maximum absolute atomic E-state index is 12.6. The monoisotopic (exact) mass is 349 g/mol. The number of carbonyl (C=O) groups excluding carboxylic acids is 1. The van der Waals surface area contributed by atoms with Gasteiger partial charge in [0.2, 0.25) is 5.91 Å². The summed E-state index contributed by atoms with van der Waals surface area (Å²) in [6.07, 6.45) is 8.81. The predicted octanol–water partition coefficient (Wildman–Crippen LogP) is 3.63. The number of hydrogen-bond acceptors (Lipinski definition) is 3. The molecular weight excluding hydrogens is 322 g/mol. The standard InChI is InChI=1S/C22H27N3O/c26-21-7-11-22(25(21)18-19-5-2-1-3-6-19)10-4-15-24(16-12-22)17-20-8-13-23-14-9-20/h1-3,5-6,8-9,13-14H,4,7,10-12,15-18H2. The maximum atomic E-state index is 12.6. The molecule has 26 heavy (non-hydrogen) atoms. The molecule has 4 heteroatoms. The second-order valence-electron chi connectivity index (χ2n) is 7.67. The molecule has 0 bridgehead atoms. The van der Waals surface area contributed by atoms with E-state index in [-0.39, 0.29) is 5.54 Å². The van der Waals surface area contributed by atoms with Crippen LogP contribution in [0.1, 0.15) is 43.2 Å². The fourth-order valence-corrected chi connectivity index (χ4v) is 4.56. The summed E-state index contributed by atoms with van der Waals surface area (Å²) < 4.78 is 0. The molecule has 2 aliphatic rings. The molecule has 136 valence electrons. The zero-order chi connectivity index (χ0) is 17.8. The van der Waals surface area contributed by atoms with Crippen molar-refractivity contribution in [3.05, 3.63) is 66.0 Å². The van der Waals surface area contributed by atoms with E-state index in [0.29, 0.717) is 12.3 Å². The Labute approximate surface area is 155 Å². The van der Waals surface area contributed by atoms with Crippen LogP contribution in [0.5, 0.6) is 0 Å². The predicted molar refractivity (Wildman–Crippen MR) is 102 cm³/mol. The van der Waals surface area contributed by atoms with Crippen LogP contribution >= 0.6 is 0 Å². The van der Waals surface area contributed by atoms with Gasteiger partial charge in [0.1, 0.15) is 0 Å². The van der Waals surface area contributed by atoms with Gasteiger partial charge in [-0.15, -0.1) is 0 Å². The summed E-state index contributed by atoms with van der Waals surface area (Å²) in [5.41, 5.74) is 2.61. The third kappa shape index (κ3) is 3.65. The number of nitrogens with zero attached hydrogens (tertiary/aromatic N) is 3. The molecule has 2 aliphatic heterocycles. The topological polar surface area (TPSA) is 36.4 Å². The Bertz CT molecular complexity index is 734. The van der Waals surface area contributed by atoms with Gasteiger partial charge < -0.3 is 4.90 Å². The molecule has 1 spiro atoms. The molecule has 1 aromatic heterocycles. The smallest absolute Gasteiger partial charge is 0.223 e. The largest absolute Gasteiger partial charge is 0.333 e. The lowest BCUT2D eigenvalue weighted by Gasteiger charge is -2.38. The number of benzene rings is 1. The maximum Gasteiger partial charge on any atom is 0.223 e. The average molecular weight is 349 g/mol. The van der Waals surface area contributed by atoms with Crippen LogP contribution in [-0.2, 0) is 17.9 Å². The van der Waals surface area contributed by atoms with Crippen molar-refractivity contribution in [3.8, 4) is 0 Å². The van der Waals surface area contributed by atoms with Gasteiger partial charge >= 0.3 is 0 Å². The van der Waals surface area contributed by atoms with E-state index in [0.717, 1.165) is 51.9 Å². The van der Waals surface area contributed by atoms with Crippen LogP contribution < -0.4 is 0 Å². The van der Waals surface area contributed by atoms with Crippen LogP contribution in [0.25, 0.3) is 0 Å². The molecule has 2 aromatic rings. The Morgan fingerprint density at radius 1 is 0.885 bits per heavy atom. The van der Waals surface area contributed by atoms with Crippen molar-refractivity contribution in [1.29, 1.82) is 0 Å². The van der Waals surface area contributed by atoms with E-state index in [9.17, 15) is 4.79 Å². The minimum Gasteiger partial charge on any atom is -0.333 e. The van der Waals surface area contributed by atoms with Gasteiger partial charge in [-0.2, -0.15) is 0 Å². The first-order valence-corrected chi connectivity index (χ1v) is 9.71. The lowest BCUT2D eigenvalue weighted by atomic mass is 9.87. The van der Waals surface area contributed by atoms with E-state index >= 15 is 0 Å². The molecule has 1 unspecified atom stereocenters. The summed E-state index contributed by atoms with van der Waals surface area (Å²) in [4.78, 5) is 21.5. The first-order chi connectivity index (χ1) is 12.8. The highest BCUT2D eigenvalue weighted by Gasteiger charge is 2.45. The zero-order valence-electron chi connectivity index (χ0n) is 15.3. The lowest BCUT2D eigenvalue weighted by Crippen LogP contribution is -2.45. The summed E-state index contributed by atoms with van der Waals surface area (Å²) in [7, 11) is 0. The molecule has 4 nitrogen and oxygen atoms in total. The van der Waals surface area contributed by atoms with Gasteiger partial charge in [-0.05, 0) is 55.5 Å². The summed E-state index contributed by atoms with van der Waals surface area (Å²) in [5.74, 6) is 0.330. The van der Waals surface area contributed by atoms with Crippen molar-refractivity contribution >= 4 is 5.91 Å². The quantitative estimate of drug-likeness (QED) is 0.846. The summed E-state index contributed by atoms with van der Waals surface area (Å²) >= 11 is 0. The van der Waals surface area contributed by atoms with Gasteiger partial charge in [-0.3, -0.25) is 14.7 Å². The fourth-order valence-electron chi connectivity index (χ4n) is 4.56. The Hall–Kier alpha value is -2.20. The number of aromatic nitrogens is 1. The molecule has 0 N–H and O–H groups in total. The molecule has 1 aromatic carbocycles. The Kier molecular flexibility index (Phi) is 5.02. The van der Waals surface area contributed by atoms with Gasteiger partial charge in [0.25, 0.3) is 0 Å². The molecule has 0 saturated carbocycles. The summed E-state index contributed by atoms with van der Waals surface area (Å²) in [6, 6.07) is 14.6. The Morgan fingerprint density at radius 3 is 2.46 bits per heavy atom. The molecule has 1 atom stereocenters. The molecule has 2 saturated heterocycles. The van der Waals surface area contributed by atoms with Crippen LogP contribution in [0.4, 0.5) is 0 Å². The van der Waals surface area contributed by atoms with Crippen molar-refractivity contribution in [2.45, 2.75) is 50.7 Å². The van der Waals surface area contributed by atoms with E-state index in [1.165, 1.54) is 11.1 Å². The van der Waals surface area contributed by atoms with Crippen molar-refractivity contribution in [3.63, 3.8) is 0 Å². The number of carbonyl (C=O) groups is 1. The first kappa shape index (κ1) is 17.2. The molecule has 3 heterocycles. The highest BCUT2D eigenvalue weighted by atomic mass is 16.2. The minimum atomic E-state index is 0.0555.